The van der Waals surface area contributed by atoms with Crippen molar-refractivity contribution in [1.29, 1.82) is 0 Å². The lowest BCUT2D eigenvalue weighted by molar-refractivity contribution is 0.297. The number of phenols is 1. The molecule has 1 atom stereocenters. The average Bonchev–Trinajstić information content (AvgIpc) is 2.92. The van der Waals surface area contributed by atoms with Crippen LogP contribution in [0.15, 0.2) is 29.3 Å². The zero-order valence-electron chi connectivity index (χ0n) is 16.5. The Hall–Kier alpha value is -3.82. The molecule has 0 saturated carbocycles. The number of aromatic hydroxyl groups is 1. The number of aromatic nitrogens is 2. The van der Waals surface area contributed by atoms with E-state index in [1.807, 2.05) is 16.7 Å². The number of nitrogens with two attached hydrogens (primary N) is 1. The molecule has 2 aliphatic rings. The highest BCUT2D eigenvalue weighted by atomic mass is 16.5. The van der Waals surface area contributed by atoms with Crippen molar-refractivity contribution >= 4 is 22.9 Å². The van der Waals surface area contributed by atoms with E-state index in [0.717, 1.165) is 11.9 Å². The van der Waals surface area contributed by atoms with E-state index in [9.17, 15) is 5.11 Å². The molecule has 30 heavy (non-hydrogen) atoms. The van der Waals surface area contributed by atoms with E-state index < -0.39 is 6.17 Å². The number of benzene rings is 2. The number of ether oxygens (including phenoxy) is 4. The minimum atomic E-state index is -0.556. The minimum Gasteiger partial charge on any atom is -0.502 e. The molecule has 0 fully saturated rings. The Labute approximate surface area is 171 Å². The van der Waals surface area contributed by atoms with Gasteiger partial charge < -0.3 is 29.8 Å². The molecule has 156 valence electrons. The van der Waals surface area contributed by atoms with Crippen molar-refractivity contribution < 1.29 is 24.1 Å². The van der Waals surface area contributed by atoms with Gasteiger partial charge in [0.25, 0.3) is 0 Å². The number of imidazole rings is 1. The monoisotopic (exact) mass is 411 g/mol. The van der Waals surface area contributed by atoms with Crippen LogP contribution in [0.5, 0.6) is 28.7 Å². The molecule has 10 nitrogen and oxygen atoms in total. The number of rotatable bonds is 3. The molecule has 3 heterocycles. The van der Waals surface area contributed by atoms with Crippen LogP contribution in [0.2, 0.25) is 0 Å². The van der Waals surface area contributed by atoms with Crippen LogP contribution >= 0.6 is 0 Å². The highest BCUT2D eigenvalue weighted by molar-refractivity contribution is 5.95. The first-order valence-corrected chi connectivity index (χ1v) is 9.46. The highest BCUT2D eigenvalue weighted by Gasteiger charge is 2.28. The maximum Gasteiger partial charge on any atom is 0.212 e. The van der Waals surface area contributed by atoms with Gasteiger partial charge in [0, 0.05) is 24.1 Å². The summed E-state index contributed by atoms with van der Waals surface area (Å²) in [7, 11) is 2.95. The molecule has 0 saturated heterocycles. The Morgan fingerprint density at radius 1 is 1.10 bits per heavy atom. The molecule has 0 spiro atoms. The van der Waals surface area contributed by atoms with Gasteiger partial charge in [0.15, 0.2) is 35.1 Å². The fourth-order valence-electron chi connectivity index (χ4n) is 3.71. The van der Waals surface area contributed by atoms with E-state index in [2.05, 4.69) is 15.3 Å². The molecule has 5 rings (SSSR count). The van der Waals surface area contributed by atoms with E-state index in [0.29, 0.717) is 41.7 Å². The summed E-state index contributed by atoms with van der Waals surface area (Å²) in [5, 5.41) is 13.3. The van der Waals surface area contributed by atoms with Crippen molar-refractivity contribution in [2.24, 2.45) is 10.7 Å². The molecule has 1 aromatic heterocycles. The normalized spacial score (nSPS) is 17.5. The summed E-state index contributed by atoms with van der Waals surface area (Å²) < 4.78 is 24.2. The fraction of sp³-hybridized carbons (Fsp3) is 0.300. The molecule has 3 aromatic rings. The third-order valence-corrected chi connectivity index (χ3v) is 5.10. The second-order valence-corrected chi connectivity index (χ2v) is 6.93. The third-order valence-electron chi connectivity index (χ3n) is 5.10. The Morgan fingerprint density at radius 2 is 1.77 bits per heavy atom. The molecule has 10 heteroatoms. The Morgan fingerprint density at radius 3 is 2.43 bits per heavy atom. The van der Waals surface area contributed by atoms with Crippen LogP contribution in [-0.4, -0.2) is 48.1 Å². The van der Waals surface area contributed by atoms with E-state index in [-0.39, 0.29) is 23.2 Å². The maximum absolute atomic E-state index is 10.3. The lowest BCUT2D eigenvalue weighted by atomic mass is 10.1. The van der Waals surface area contributed by atoms with Gasteiger partial charge in [0.2, 0.25) is 11.7 Å². The number of fused-ring (bicyclic) bond motifs is 4. The van der Waals surface area contributed by atoms with Crippen LogP contribution in [0.25, 0.3) is 11.0 Å². The summed E-state index contributed by atoms with van der Waals surface area (Å²) >= 11 is 0. The Bertz CT molecular complexity index is 1150. The van der Waals surface area contributed by atoms with Crippen LogP contribution in [0.3, 0.4) is 0 Å². The van der Waals surface area contributed by atoms with Crippen molar-refractivity contribution in [3.8, 4) is 28.7 Å². The van der Waals surface area contributed by atoms with E-state index in [4.69, 9.17) is 24.7 Å². The molecular formula is C20H21N5O5. The predicted octanol–water partition coefficient (Wildman–Crippen LogP) is 2.21. The number of methoxy groups -OCH3 is 2. The fourth-order valence-corrected chi connectivity index (χ4v) is 3.71. The first-order valence-electron chi connectivity index (χ1n) is 9.46. The zero-order chi connectivity index (χ0) is 20.8. The van der Waals surface area contributed by atoms with Crippen molar-refractivity contribution in [3.63, 3.8) is 0 Å². The number of guanidine groups is 1. The molecule has 0 bridgehead atoms. The lowest BCUT2D eigenvalue weighted by Crippen LogP contribution is -2.31. The number of hydrogen-bond donors (Lipinski definition) is 3. The van der Waals surface area contributed by atoms with Crippen LogP contribution in [0.1, 0.15) is 18.2 Å². The smallest absolute Gasteiger partial charge is 0.212 e. The topological polar surface area (TPSA) is 125 Å². The van der Waals surface area contributed by atoms with Crippen molar-refractivity contribution in [2.75, 3.05) is 32.8 Å². The predicted molar refractivity (Wildman–Crippen MR) is 110 cm³/mol. The maximum atomic E-state index is 10.3. The van der Waals surface area contributed by atoms with Gasteiger partial charge in [-0.25, -0.2) is 9.98 Å². The van der Waals surface area contributed by atoms with E-state index in [1.165, 1.54) is 14.2 Å². The molecule has 0 radical (unpaired) electrons. The third kappa shape index (κ3) is 2.79. The number of anilines is 1. The quantitative estimate of drug-likeness (QED) is 0.599. The van der Waals surface area contributed by atoms with E-state index >= 15 is 0 Å². The first-order chi connectivity index (χ1) is 14.6. The Kier molecular flexibility index (Phi) is 4.19. The minimum absolute atomic E-state index is 0.0822. The van der Waals surface area contributed by atoms with Gasteiger partial charge in [-0.05, 0) is 12.1 Å². The summed E-state index contributed by atoms with van der Waals surface area (Å²) in [6.07, 6.45) is 0.259. The Balaban J connectivity index is 1.71. The summed E-state index contributed by atoms with van der Waals surface area (Å²) in [4.78, 5) is 9.23. The van der Waals surface area contributed by atoms with Gasteiger partial charge in [0.05, 0.1) is 38.5 Å². The van der Waals surface area contributed by atoms with Gasteiger partial charge in [-0.1, -0.05) is 0 Å². The highest BCUT2D eigenvalue weighted by Crippen LogP contribution is 2.43. The molecule has 0 amide bonds. The van der Waals surface area contributed by atoms with Gasteiger partial charge in [0.1, 0.15) is 0 Å². The summed E-state index contributed by atoms with van der Waals surface area (Å²) in [5.74, 6) is 2.54. The van der Waals surface area contributed by atoms with Crippen molar-refractivity contribution in [3.05, 3.63) is 29.8 Å². The number of phenolic OH excluding ortho intramolecular Hbond substituents is 1. The summed E-state index contributed by atoms with van der Waals surface area (Å²) in [5.41, 5.74) is 8.26. The van der Waals surface area contributed by atoms with Crippen LogP contribution in [0.4, 0.5) is 5.95 Å². The molecule has 4 N–H and O–H groups in total. The van der Waals surface area contributed by atoms with Crippen LogP contribution < -0.4 is 30.0 Å². The summed E-state index contributed by atoms with van der Waals surface area (Å²) in [6, 6.07) is 7.15. The first kappa shape index (κ1) is 18.2. The molecular weight excluding hydrogens is 390 g/mol. The standard InChI is InChI=1S/C20H21N5O5/c1-27-15-6-10(7-16(28-2)17(15)26)18-23-19(21)24-20-22-11-8-13-14(9-12(11)25(18)20)30-5-3-4-29-13/h6-9,18,26H,3-5H2,1-2H3,(H3,21,22,23,24)/t18-/m0/s1. The zero-order valence-corrected chi connectivity index (χ0v) is 16.5. The van der Waals surface area contributed by atoms with Crippen LogP contribution in [0, 0.1) is 0 Å². The number of nitrogens with one attached hydrogen (secondary N) is 1. The van der Waals surface area contributed by atoms with Gasteiger partial charge >= 0.3 is 0 Å². The van der Waals surface area contributed by atoms with Crippen LogP contribution in [-0.2, 0) is 0 Å². The van der Waals surface area contributed by atoms with Gasteiger partial charge in [-0.3, -0.25) is 9.88 Å². The van der Waals surface area contributed by atoms with Crippen molar-refractivity contribution in [2.45, 2.75) is 12.6 Å². The second kappa shape index (κ2) is 6.90. The number of aliphatic imine (C=N–C) groups is 1. The van der Waals surface area contributed by atoms with E-state index in [1.54, 1.807) is 12.1 Å². The number of hydrogen-bond acceptors (Lipinski definition) is 9. The van der Waals surface area contributed by atoms with Gasteiger partial charge in [-0.15, -0.1) is 0 Å². The average molecular weight is 411 g/mol. The van der Waals surface area contributed by atoms with Gasteiger partial charge in [-0.2, -0.15) is 0 Å². The largest absolute Gasteiger partial charge is 0.502 e. The number of nitrogens with zero attached hydrogens (tertiary/aromatic N) is 3. The lowest BCUT2D eigenvalue weighted by Gasteiger charge is -2.25. The SMILES string of the molecule is COc1cc([C@H]2N=C(N)Nc3nc4cc5c(cc4n32)OCCCO5)cc(OC)c1O. The molecule has 2 aromatic carbocycles. The summed E-state index contributed by atoms with van der Waals surface area (Å²) in [6.45, 7) is 1.18. The second-order valence-electron chi connectivity index (χ2n) is 6.93. The molecule has 0 unspecified atom stereocenters. The molecule has 0 aliphatic carbocycles. The van der Waals surface area contributed by atoms with Crippen molar-refractivity contribution in [1.82, 2.24) is 9.55 Å². The molecule has 2 aliphatic heterocycles.